The summed E-state index contributed by atoms with van der Waals surface area (Å²) >= 11 is 0. The molecule has 0 aliphatic heterocycles. The number of hydrogen-bond acceptors (Lipinski definition) is 8. The van der Waals surface area contributed by atoms with Gasteiger partial charge in [0.1, 0.15) is 23.3 Å². The Hall–Kier alpha value is -5.10. The van der Waals surface area contributed by atoms with Crippen LogP contribution in [0.15, 0.2) is 53.6 Å². The highest BCUT2D eigenvalue weighted by Gasteiger charge is 2.29. The first kappa shape index (κ1) is 29.0. The van der Waals surface area contributed by atoms with Crippen LogP contribution in [-0.4, -0.2) is 45.3 Å². The fraction of sp³-hybridized carbons (Fsp3) is 0.333. The number of carbonyl (C=O) groups is 1. The zero-order valence-corrected chi connectivity index (χ0v) is 24.6. The van der Waals surface area contributed by atoms with Crippen molar-refractivity contribution in [3.05, 3.63) is 87.2 Å². The van der Waals surface area contributed by atoms with E-state index >= 15 is 0 Å². The van der Waals surface area contributed by atoms with Crippen LogP contribution < -0.4 is 16.2 Å². The SMILES string of the molecule is COCCNCc1cc(C(=O)Nc2cc(-c3ccc(C#N)cc3-c3nc(C#N)cn3C)cc(C3CC3)n2)c(=O)n(C2CC2)c1. The van der Waals surface area contributed by atoms with Crippen LogP contribution in [0.1, 0.15) is 70.5 Å². The third-order valence-electron chi connectivity index (χ3n) is 7.87. The van der Waals surface area contributed by atoms with E-state index in [0.29, 0.717) is 42.5 Å². The lowest BCUT2D eigenvalue weighted by atomic mass is 9.96. The average molecular weight is 589 g/mol. The zero-order valence-electron chi connectivity index (χ0n) is 24.6. The molecule has 0 atom stereocenters. The van der Waals surface area contributed by atoms with E-state index < -0.39 is 5.91 Å². The number of aromatic nitrogens is 4. The van der Waals surface area contributed by atoms with Crippen molar-refractivity contribution >= 4 is 11.7 Å². The van der Waals surface area contributed by atoms with Gasteiger partial charge >= 0.3 is 0 Å². The summed E-state index contributed by atoms with van der Waals surface area (Å²) in [6, 6.07) is 15.1. The maximum Gasteiger partial charge on any atom is 0.263 e. The van der Waals surface area contributed by atoms with Gasteiger partial charge in [0.2, 0.25) is 0 Å². The van der Waals surface area contributed by atoms with E-state index in [1.807, 2.05) is 18.3 Å². The van der Waals surface area contributed by atoms with Crippen LogP contribution in [0.2, 0.25) is 0 Å². The van der Waals surface area contributed by atoms with Crippen LogP contribution in [-0.2, 0) is 18.3 Å². The lowest BCUT2D eigenvalue weighted by Crippen LogP contribution is -2.30. The first-order valence-corrected chi connectivity index (χ1v) is 14.6. The monoisotopic (exact) mass is 588 g/mol. The minimum Gasteiger partial charge on any atom is -0.383 e. The van der Waals surface area contributed by atoms with Gasteiger partial charge in [0.15, 0.2) is 5.69 Å². The van der Waals surface area contributed by atoms with Gasteiger partial charge in [-0.3, -0.25) is 9.59 Å². The molecule has 2 N–H and O–H groups in total. The zero-order chi connectivity index (χ0) is 30.8. The number of hydrogen-bond donors (Lipinski definition) is 2. The highest BCUT2D eigenvalue weighted by Crippen LogP contribution is 2.42. The molecule has 1 aromatic carbocycles. The van der Waals surface area contributed by atoms with Gasteiger partial charge in [-0.2, -0.15) is 10.5 Å². The van der Waals surface area contributed by atoms with E-state index in [2.05, 4.69) is 27.8 Å². The van der Waals surface area contributed by atoms with Gasteiger partial charge in [-0.15, -0.1) is 0 Å². The number of anilines is 1. The molecule has 222 valence electrons. The number of ether oxygens (including phenoxy) is 1. The second-order valence-corrected chi connectivity index (χ2v) is 11.3. The van der Waals surface area contributed by atoms with E-state index in [4.69, 9.17) is 9.72 Å². The predicted octanol–water partition coefficient (Wildman–Crippen LogP) is 4.25. The second-order valence-electron chi connectivity index (χ2n) is 11.3. The molecule has 11 nitrogen and oxygen atoms in total. The Kier molecular flexibility index (Phi) is 8.07. The third kappa shape index (κ3) is 6.16. The van der Waals surface area contributed by atoms with Crippen molar-refractivity contribution in [3.8, 4) is 34.7 Å². The van der Waals surface area contributed by atoms with Gasteiger partial charge in [0.25, 0.3) is 11.5 Å². The summed E-state index contributed by atoms with van der Waals surface area (Å²) in [7, 11) is 3.44. The van der Waals surface area contributed by atoms with Gasteiger partial charge < -0.3 is 24.5 Å². The molecule has 0 saturated heterocycles. The van der Waals surface area contributed by atoms with Crippen LogP contribution in [0, 0.1) is 22.7 Å². The Bertz CT molecular complexity index is 1890. The molecule has 11 heteroatoms. The van der Waals surface area contributed by atoms with Gasteiger partial charge in [-0.1, -0.05) is 6.07 Å². The quantitative estimate of drug-likeness (QED) is 0.247. The number of imidazole rings is 1. The fourth-order valence-corrected chi connectivity index (χ4v) is 5.32. The highest BCUT2D eigenvalue weighted by atomic mass is 16.5. The van der Waals surface area contributed by atoms with Crippen molar-refractivity contribution in [1.82, 2.24) is 24.4 Å². The summed E-state index contributed by atoms with van der Waals surface area (Å²) in [6.07, 6.45) is 7.30. The number of methoxy groups -OCH3 is 1. The Morgan fingerprint density at radius 3 is 2.55 bits per heavy atom. The van der Waals surface area contributed by atoms with E-state index in [1.165, 1.54) is 0 Å². The summed E-state index contributed by atoms with van der Waals surface area (Å²) in [4.78, 5) is 36.3. The number of amides is 1. The second kappa shape index (κ2) is 12.3. The number of benzene rings is 1. The number of nitrogens with one attached hydrogen (secondary N) is 2. The van der Waals surface area contributed by atoms with E-state index in [9.17, 15) is 20.1 Å². The molecule has 2 fully saturated rings. The van der Waals surface area contributed by atoms with Crippen molar-refractivity contribution < 1.29 is 9.53 Å². The first-order valence-electron chi connectivity index (χ1n) is 14.6. The third-order valence-corrected chi connectivity index (χ3v) is 7.87. The van der Waals surface area contributed by atoms with Gasteiger partial charge in [0.05, 0.1) is 18.2 Å². The Morgan fingerprint density at radius 1 is 1.05 bits per heavy atom. The molecule has 3 aromatic heterocycles. The molecule has 2 saturated carbocycles. The van der Waals surface area contributed by atoms with Crippen LogP contribution in [0.5, 0.6) is 0 Å². The molecule has 0 spiro atoms. The molecule has 2 aliphatic rings. The minimum absolute atomic E-state index is 0.0687. The molecule has 0 radical (unpaired) electrons. The summed E-state index contributed by atoms with van der Waals surface area (Å²) in [6.45, 7) is 1.70. The van der Waals surface area contributed by atoms with E-state index in [1.54, 1.807) is 53.8 Å². The largest absolute Gasteiger partial charge is 0.383 e. The van der Waals surface area contributed by atoms with Crippen LogP contribution in [0.4, 0.5) is 5.82 Å². The van der Waals surface area contributed by atoms with Crippen LogP contribution in [0.25, 0.3) is 22.5 Å². The molecule has 4 aromatic rings. The molecular weight excluding hydrogens is 556 g/mol. The molecule has 0 unspecified atom stereocenters. The number of carbonyl (C=O) groups excluding carboxylic acids is 1. The van der Waals surface area contributed by atoms with Gasteiger partial charge in [0, 0.05) is 62.9 Å². The lowest BCUT2D eigenvalue weighted by Gasteiger charge is -2.15. The number of nitriles is 2. The van der Waals surface area contributed by atoms with E-state index in [0.717, 1.165) is 48.1 Å². The van der Waals surface area contributed by atoms with Crippen molar-refractivity contribution in [2.45, 2.75) is 44.2 Å². The maximum atomic E-state index is 13.7. The molecule has 0 bridgehead atoms. The smallest absolute Gasteiger partial charge is 0.263 e. The van der Waals surface area contributed by atoms with Crippen molar-refractivity contribution in [1.29, 1.82) is 10.5 Å². The van der Waals surface area contributed by atoms with Crippen molar-refractivity contribution in [2.75, 3.05) is 25.6 Å². The number of pyridine rings is 2. The summed E-state index contributed by atoms with van der Waals surface area (Å²) in [5.74, 6) is 0.639. The maximum absolute atomic E-state index is 13.7. The Morgan fingerprint density at radius 2 is 1.86 bits per heavy atom. The number of rotatable bonds is 11. The average Bonchev–Trinajstić information content (AvgIpc) is 3.97. The first-order chi connectivity index (χ1) is 21.4. The number of nitrogens with zero attached hydrogens (tertiary/aromatic N) is 6. The highest BCUT2D eigenvalue weighted by molar-refractivity contribution is 6.04. The van der Waals surface area contributed by atoms with Crippen LogP contribution >= 0.6 is 0 Å². The van der Waals surface area contributed by atoms with Gasteiger partial charge in [-0.25, -0.2) is 9.97 Å². The van der Waals surface area contributed by atoms with Crippen molar-refractivity contribution in [2.24, 2.45) is 7.05 Å². The van der Waals surface area contributed by atoms with E-state index in [-0.39, 0.29) is 28.8 Å². The standard InChI is InChI=1S/C33H32N8O3/c1-40-19-24(16-35)37-31(40)27-11-20(15-34)3-8-26(27)23-13-29(22-4-5-22)38-30(14-23)39-32(42)28-12-21(17-36-9-10-44-2)18-41(33(28)43)25-6-7-25/h3,8,11-14,18-19,22,25,36H,4-7,9-10,17H2,1-2H3,(H,38,39,42). The molecule has 2 aliphatic carbocycles. The molecular formula is C33H32N8O3. The minimum atomic E-state index is -0.516. The molecule has 3 heterocycles. The summed E-state index contributed by atoms with van der Waals surface area (Å²) in [5, 5.41) is 25.2. The Balaban J connectivity index is 1.37. The molecule has 6 rings (SSSR count). The molecule has 44 heavy (non-hydrogen) atoms. The normalized spacial score (nSPS) is 14.2. The molecule has 1 amide bonds. The van der Waals surface area contributed by atoms with Crippen LogP contribution in [0.3, 0.4) is 0 Å². The van der Waals surface area contributed by atoms with Gasteiger partial charge in [-0.05, 0) is 72.7 Å². The fourth-order valence-electron chi connectivity index (χ4n) is 5.32. The summed E-state index contributed by atoms with van der Waals surface area (Å²) < 4.78 is 8.54. The number of aryl methyl sites for hydroxylation is 1. The van der Waals surface area contributed by atoms with Crippen molar-refractivity contribution in [3.63, 3.8) is 0 Å². The lowest BCUT2D eigenvalue weighted by molar-refractivity contribution is 0.102. The Labute approximate surface area is 254 Å². The summed E-state index contributed by atoms with van der Waals surface area (Å²) in [5.41, 5.74) is 4.40. The predicted molar refractivity (Wildman–Crippen MR) is 164 cm³/mol. The topological polar surface area (TPSA) is 151 Å².